The summed E-state index contributed by atoms with van der Waals surface area (Å²) in [5.74, 6) is -1.60. The predicted molar refractivity (Wildman–Crippen MR) is 126 cm³/mol. The summed E-state index contributed by atoms with van der Waals surface area (Å²) in [6.07, 6.45) is 0.137. The highest BCUT2D eigenvalue weighted by atomic mass is 35.5. The molecule has 11 heteroatoms. The molecule has 0 aromatic heterocycles. The number of hydrogen-bond donors (Lipinski definition) is 1. The minimum Gasteiger partial charge on any atom is -0.493 e. The molecule has 0 aliphatic carbocycles. The highest BCUT2D eigenvalue weighted by Gasteiger charge is 2.23. The Morgan fingerprint density at radius 1 is 0.971 bits per heavy atom. The van der Waals surface area contributed by atoms with E-state index in [2.05, 4.69) is 5.32 Å². The van der Waals surface area contributed by atoms with E-state index in [-0.39, 0.29) is 59.3 Å². The number of carbonyl (C=O) groups excluding carboxylic acids is 3. The van der Waals surface area contributed by atoms with Crippen molar-refractivity contribution in [2.45, 2.75) is 12.8 Å². The van der Waals surface area contributed by atoms with Crippen LogP contribution < -0.4 is 14.8 Å². The first-order valence-corrected chi connectivity index (χ1v) is 10.7. The lowest BCUT2D eigenvalue weighted by molar-refractivity contribution is -0.134. The van der Waals surface area contributed by atoms with Crippen molar-refractivity contribution in [3.05, 3.63) is 52.5 Å². The van der Waals surface area contributed by atoms with Gasteiger partial charge in [-0.15, -0.1) is 0 Å². The van der Waals surface area contributed by atoms with Gasteiger partial charge in [0.15, 0.2) is 18.1 Å². The van der Waals surface area contributed by atoms with Gasteiger partial charge in [0.2, 0.25) is 0 Å². The van der Waals surface area contributed by atoms with Crippen molar-refractivity contribution in [2.24, 2.45) is 0 Å². The highest BCUT2D eigenvalue weighted by Crippen LogP contribution is 2.34. The first-order chi connectivity index (χ1) is 16.9. The number of benzene rings is 2. The van der Waals surface area contributed by atoms with Crippen molar-refractivity contribution in [1.29, 1.82) is 10.5 Å². The molecular weight excluding hydrogens is 476 g/mol. The zero-order chi connectivity index (χ0) is 25.8. The first kappa shape index (κ1) is 27.0. The van der Waals surface area contributed by atoms with Crippen LogP contribution in [-0.2, 0) is 9.53 Å². The van der Waals surface area contributed by atoms with Crippen LogP contribution in [0.2, 0.25) is 5.02 Å². The van der Waals surface area contributed by atoms with Crippen molar-refractivity contribution in [3.8, 4) is 23.6 Å². The average Bonchev–Trinajstić information content (AvgIpc) is 2.87. The van der Waals surface area contributed by atoms with Crippen LogP contribution in [0.5, 0.6) is 11.5 Å². The molecule has 0 unspecified atom stereocenters. The smallest absolute Gasteiger partial charge is 0.340 e. The van der Waals surface area contributed by atoms with Crippen LogP contribution in [0, 0.1) is 22.7 Å². The van der Waals surface area contributed by atoms with Gasteiger partial charge in [-0.3, -0.25) is 9.59 Å². The maximum Gasteiger partial charge on any atom is 0.340 e. The molecule has 0 spiro atoms. The second kappa shape index (κ2) is 13.4. The average molecular weight is 499 g/mol. The summed E-state index contributed by atoms with van der Waals surface area (Å²) in [4.78, 5) is 39.5. The number of amides is 2. The number of methoxy groups -OCH3 is 2. The first-order valence-electron chi connectivity index (χ1n) is 10.4. The molecule has 10 nitrogen and oxygen atoms in total. The standard InChI is InChI=1S/C24H23ClN4O6/c1-33-20-13-17(24(32)35-15-22(30)29(11-5-9-26)12-6-10-27)19(14-21(20)34-2)28-23(31)16-7-3-4-8-18(16)25/h3-4,7-8,13-14H,5-6,11-12,15H2,1-2H3,(H,28,31). The Labute approximate surface area is 207 Å². The molecule has 0 saturated heterocycles. The molecular formula is C24H23ClN4O6. The number of ether oxygens (including phenoxy) is 3. The number of esters is 1. The largest absolute Gasteiger partial charge is 0.493 e. The van der Waals surface area contributed by atoms with Crippen LogP contribution in [0.15, 0.2) is 36.4 Å². The minimum absolute atomic E-state index is 0.0517. The highest BCUT2D eigenvalue weighted by molar-refractivity contribution is 6.34. The lowest BCUT2D eigenvalue weighted by Gasteiger charge is -2.20. The van der Waals surface area contributed by atoms with Gasteiger partial charge in [0.25, 0.3) is 11.8 Å². The van der Waals surface area contributed by atoms with Crippen LogP contribution in [0.4, 0.5) is 5.69 Å². The summed E-state index contributed by atoms with van der Waals surface area (Å²) < 4.78 is 15.7. The molecule has 2 rings (SSSR count). The molecule has 0 bridgehead atoms. The van der Waals surface area contributed by atoms with Crippen molar-refractivity contribution >= 4 is 35.1 Å². The predicted octanol–water partition coefficient (Wildman–Crippen LogP) is 3.42. The summed E-state index contributed by atoms with van der Waals surface area (Å²) >= 11 is 6.10. The number of nitrogens with zero attached hydrogens (tertiary/aromatic N) is 3. The van der Waals surface area contributed by atoms with E-state index in [9.17, 15) is 14.4 Å². The molecule has 0 saturated carbocycles. The van der Waals surface area contributed by atoms with E-state index in [1.807, 2.05) is 12.1 Å². The Hall–Kier alpha value is -4.28. The molecule has 0 radical (unpaired) electrons. The van der Waals surface area contributed by atoms with Crippen molar-refractivity contribution in [3.63, 3.8) is 0 Å². The Balaban J connectivity index is 2.28. The van der Waals surface area contributed by atoms with Crippen LogP contribution in [-0.4, -0.2) is 56.6 Å². The van der Waals surface area contributed by atoms with Gasteiger partial charge in [0, 0.05) is 25.2 Å². The van der Waals surface area contributed by atoms with Gasteiger partial charge in [0.05, 0.1) is 61.0 Å². The fourth-order valence-electron chi connectivity index (χ4n) is 3.01. The molecule has 2 aromatic rings. The van der Waals surface area contributed by atoms with Crippen LogP contribution in [0.25, 0.3) is 0 Å². The Bertz CT molecular complexity index is 1150. The van der Waals surface area contributed by atoms with Gasteiger partial charge >= 0.3 is 5.97 Å². The van der Waals surface area contributed by atoms with E-state index in [1.165, 1.54) is 37.3 Å². The second-order valence-corrected chi connectivity index (χ2v) is 7.37. The zero-order valence-corrected chi connectivity index (χ0v) is 19.9. The summed E-state index contributed by atoms with van der Waals surface area (Å²) in [7, 11) is 2.77. The number of nitriles is 2. The van der Waals surface area contributed by atoms with Crippen LogP contribution in [0.1, 0.15) is 33.6 Å². The molecule has 35 heavy (non-hydrogen) atoms. The number of halogens is 1. The van der Waals surface area contributed by atoms with Gasteiger partial charge in [-0.2, -0.15) is 10.5 Å². The third-order valence-electron chi connectivity index (χ3n) is 4.78. The molecule has 0 atom stereocenters. The number of rotatable bonds is 11. The maximum atomic E-state index is 12.9. The third-order valence-corrected chi connectivity index (χ3v) is 5.11. The van der Waals surface area contributed by atoms with Crippen LogP contribution >= 0.6 is 11.6 Å². The summed E-state index contributed by atoms with van der Waals surface area (Å²) in [5, 5.41) is 20.4. The quantitative estimate of drug-likeness (QED) is 0.464. The maximum absolute atomic E-state index is 12.9. The topological polar surface area (TPSA) is 142 Å². The zero-order valence-electron chi connectivity index (χ0n) is 19.2. The fraction of sp³-hybridized carbons (Fsp3) is 0.292. The van der Waals surface area contributed by atoms with Gasteiger partial charge in [-0.1, -0.05) is 23.7 Å². The molecule has 2 amide bonds. The SMILES string of the molecule is COc1cc(NC(=O)c2ccccc2Cl)c(C(=O)OCC(=O)N(CCC#N)CCC#N)cc1OC. The van der Waals surface area contributed by atoms with E-state index in [4.69, 9.17) is 36.3 Å². The lowest BCUT2D eigenvalue weighted by atomic mass is 10.1. The number of carbonyl (C=O) groups is 3. The molecule has 0 fully saturated rings. The normalized spacial score (nSPS) is 9.86. The van der Waals surface area contributed by atoms with Gasteiger partial charge < -0.3 is 24.4 Å². The van der Waals surface area contributed by atoms with Gasteiger partial charge in [0.1, 0.15) is 0 Å². The molecule has 0 heterocycles. The van der Waals surface area contributed by atoms with E-state index < -0.39 is 24.4 Å². The van der Waals surface area contributed by atoms with E-state index in [1.54, 1.807) is 18.2 Å². The summed E-state index contributed by atoms with van der Waals surface area (Å²) in [5.41, 5.74) is 0.149. The minimum atomic E-state index is -0.908. The summed E-state index contributed by atoms with van der Waals surface area (Å²) in [6, 6.07) is 12.9. The van der Waals surface area contributed by atoms with E-state index in [0.717, 1.165) is 0 Å². The summed E-state index contributed by atoms with van der Waals surface area (Å²) in [6.45, 7) is -0.421. The van der Waals surface area contributed by atoms with E-state index >= 15 is 0 Å². The van der Waals surface area contributed by atoms with Crippen molar-refractivity contribution < 1.29 is 28.6 Å². The number of hydrogen-bond acceptors (Lipinski definition) is 8. The Morgan fingerprint density at radius 2 is 1.57 bits per heavy atom. The molecule has 182 valence electrons. The molecule has 0 aliphatic rings. The van der Waals surface area contributed by atoms with Crippen molar-refractivity contribution in [1.82, 2.24) is 4.90 Å². The number of anilines is 1. The third kappa shape index (κ3) is 7.36. The van der Waals surface area contributed by atoms with Gasteiger partial charge in [-0.25, -0.2) is 4.79 Å². The molecule has 0 aliphatic heterocycles. The van der Waals surface area contributed by atoms with Crippen LogP contribution in [0.3, 0.4) is 0 Å². The molecule has 2 aromatic carbocycles. The number of nitrogens with one attached hydrogen (secondary N) is 1. The molecule has 1 N–H and O–H groups in total. The van der Waals surface area contributed by atoms with Crippen molar-refractivity contribution in [2.75, 3.05) is 39.2 Å². The fourth-order valence-corrected chi connectivity index (χ4v) is 3.24. The van der Waals surface area contributed by atoms with E-state index in [0.29, 0.717) is 0 Å². The second-order valence-electron chi connectivity index (χ2n) is 6.96. The Morgan fingerprint density at radius 3 is 2.14 bits per heavy atom. The lowest BCUT2D eigenvalue weighted by Crippen LogP contribution is -2.36. The van der Waals surface area contributed by atoms with Gasteiger partial charge in [-0.05, 0) is 12.1 Å². The Kier molecular flexibility index (Phi) is 10.3. The monoisotopic (exact) mass is 498 g/mol.